The van der Waals surface area contributed by atoms with E-state index in [0.717, 1.165) is 34.5 Å². The number of H-pyrrole nitrogens is 2. The Morgan fingerprint density at radius 2 is 2.16 bits per heavy atom. The maximum Gasteiger partial charge on any atom is 0.257 e. The lowest BCUT2D eigenvalue weighted by molar-refractivity contribution is 0.0636. The van der Waals surface area contributed by atoms with E-state index in [9.17, 15) is 4.79 Å². The number of ether oxygens (including phenoxy) is 1. The third-order valence-corrected chi connectivity index (χ3v) is 5.24. The van der Waals surface area contributed by atoms with Gasteiger partial charge in [0.05, 0.1) is 10.9 Å². The van der Waals surface area contributed by atoms with Gasteiger partial charge in [0, 0.05) is 36.1 Å². The number of hydrogen-bond donors (Lipinski definition) is 3. The van der Waals surface area contributed by atoms with Gasteiger partial charge in [-0.05, 0) is 48.6 Å². The first-order valence-electron chi connectivity index (χ1n) is 8.35. The highest BCUT2D eigenvalue weighted by Crippen LogP contribution is 2.35. The van der Waals surface area contributed by atoms with Crippen molar-refractivity contribution in [2.75, 3.05) is 7.11 Å². The molecule has 5 nitrogen and oxygen atoms in total. The number of aromatic nitrogens is 2. The Labute approximate surface area is 150 Å². The van der Waals surface area contributed by atoms with Gasteiger partial charge in [-0.2, -0.15) is 0 Å². The Hall–Kier alpha value is -2.08. The summed E-state index contributed by atoms with van der Waals surface area (Å²) < 4.78 is 5.69. The van der Waals surface area contributed by atoms with Gasteiger partial charge in [0.1, 0.15) is 6.23 Å². The second kappa shape index (κ2) is 6.33. The van der Waals surface area contributed by atoms with Crippen molar-refractivity contribution in [3.8, 4) is 0 Å². The van der Waals surface area contributed by atoms with Crippen LogP contribution >= 0.6 is 11.6 Å². The molecule has 0 spiro atoms. The monoisotopic (exact) mass is 357 g/mol. The van der Waals surface area contributed by atoms with Gasteiger partial charge >= 0.3 is 0 Å². The molecule has 3 N–H and O–H groups in total. The highest BCUT2D eigenvalue weighted by Gasteiger charge is 2.27. The molecule has 25 heavy (non-hydrogen) atoms. The van der Waals surface area contributed by atoms with Gasteiger partial charge in [0.15, 0.2) is 0 Å². The van der Waals surface area contributed by atoms with Crippen LogP contribution in [0.2, 0.25) is 5.02 Å². The standard InChI is InChI=1S/C19H20ClN3O2/c1-10-8-22-18(24)16-14(9-21-17(10)16)19(25-2)23-15-6-3-11-7-12(20)4-5-13(11)15/h4-5,7-9,15,19,21,23H,3,6H2,1-2H3,(H,22,24). The van der Waals surface area contributed by atoms with Gasteiger partial charge in [-0.1, -0.05) is 17.7 Å². The van der Waals surface area contributed by atoms with Crippen molar-refractivity contribution in [2.24, 2.45) is 0 Å². The van der Waals surface area contributed by atoms with E-state index in [2.05, 4.69) is 21.4 Å². The summed E-state index contributed by atoms with van der Waals surface area (Å²) in [6.45, 7) is 1.96. The van der Waals surface area contributed by atoms with Crippen molar-refractivity contribution in [3.05, 3.63) is 68.2 Å². The first kappa shape index (κ1) is 16.4. The van der Waals surface area contributed by atoms with Crippen molar-refractivity contribution < 1.29 is 4.74 Å². The minimum atomic E-state index is -0.372. The zero-order chi connectivity index (χ0) is 17.6. The Bertz CT molecular complexity index is 992. The van der Waals surface area contributed by atoms with Crippen LogP contribution in [0.4, 0.5) is 0 Å². The number of methoxy groups -OCH3 is 1. The van der Waals surface area contributed by atoms with Gasteiger partial charge in [-0.25, -0.2) is 0 Å². The number of nitrogens with one attached hydrogen (secondary N) is 3. The Morgan fingerprint density at radius 3 is 2.96 bits per heavy atom. The largest absolute Gasteiger partial charge is 0.362 e. The van der Waals surface area contributed by atoms with Crippen molar-refractivity contribution in [3.63, 3.8) is 0 Å². The maximum atomic E-state index is 12.3. The molecular formula is C19H20ClN3O2. The summed E-state index contributed by atoms with van der Waals surface area (Å²) in [6.07, 6.45) is 5.16. The summed E-state index contributed by atoms with van der Waals surface area (Å²) in [7, 11) is 1.65. The Balaban J connectivity index is 1.69. The van der Waals surface area contributed by atoms with E-state index in [1.807, 2.05) is 25.3 Å². The summed E-state index contributed by atoms with van der Waals surface area (Å²) in [4.78, 5) is 18.3. The normalized spacial score (nSPS) is 17.8. The van der Waals surface area contributed by atoms with Gasteiger partial charge in [0.2, 0.25) is 0 Å². The molecule has 6 heteroatoms. The molecule has 0 saturated carbocycles. The lowest BCUT2D eigenvalue weighted by Gasteiger charge is -2.22. The summed E-state index contributed by atoms with van der Waals surface area (Å²) in [5.41, 5.74) is 5.07. The Kier molecular flexibility index (Phi) is 4.15. The average molecular weight is 358 g/mol. The number of benzene rings is 1. The fraction of sp³-hybridized carbons (Fsp3) is 0.316. The maximum absolute atomic E-state index is 12.3. The molecule has 4 rings (SSSR count). The van der Waals surface area contributed by atoms with E-state index >= 15 is 0 Å². The molecule has 0 bridgehead atoms. The predicted octanol–water partition coefficient (Wildman–Crippen LogP) is 3.74. The van der Waals surface area contributed by atoms with Gasteiger partial charge in [-0.3, -0.25) is 10.1 Å². The molecule has 2 heterocycles. The lowest BCUT2D eigenvalue weighted by Crippen LogP contribution is -2.27. The van der Waals surface area contributed by atoms with Crippen molar-refractivity contribution >= 4 is 22.5 Å². The zero-order valence-corrected chi connectivity index (χ0v) is 14.9. The van der Waals surface area contributed by atoms with E-state index in [4.69, 9.17) is 16.3 Å². The number of pyridine rings is 1. The Morgan fingerprint density at radius 1 is 1.32 bits per heavy atom. The molecule has 2 atom stereocenters. The summed E-state index contributed by atoms with van der Waals surface area (Å²) in [5, 5.41) is 4.96. The number of halogens is 1. The lowest BCUT2D eigenvalue weighted by atomic mass is 10.1. The number of rotatable bonds is 4. The molecular weight excluding hydrogens is 338 g/mol. The van der Waals surface area contributed by atoms with Crippen LogP contribution in [0.1, 0.15) is 40.9 Å². The zero-order valence-electron chi connectivity index (χ0n) is 14.2. The topological polar surface area (TPSA) is 69.9 Å². The van der Waals surface area contributed by atoms with Gasteiger partial charge in [0.25, 0.3) is 5.56 Å². The van der Waals surface area contributed by atoms with E-state index in [1.165, 1.54) is 11.1 Å². The molecule has 1 aromatic carbocycles. The molecule has 2 aromatic heterocycles. The molecule has 3 aromatic rings. The van der Waals surface area contributed by atoms with Crippen LogP contribution in [0.15, 0.2) is 35.4 Å². The van der Waals surface area contributed by atoms with Gasteiger partial charge < -0.3 is 14.7 Å². The average Bonchev–Trinajstić information content (AvgIpc) is 3.21. The second-order valence-electron chi connectivity index (χ2n) is 6.51. The van der Waals surface area contributed by atoms with Crippen LogP contribution in [0.5, 0.6) is 0 Å². The third kappa shape index (κ3) is 2.78. The van der Waals surface area contributed by atoms with E-state index in [1.54, 1.807) is 13.3 Å². The predicted molar refractivity (Wildman–Crippen MR) is 99.1 cm³/mol. The quantitative estimate of drug-likeness (QED) is 0.623. The molecule has 0 fully saturated rings. The van der Waals surface area contributed by atoms with Crippen LogP contribution in [0, 0.1) is 6.92 Å². The molecule has 1 aliphatic rings. The molecule has 0 amide bonds. The number of aryl methyl sites for hydroxylation is 2. The first-order chi connectivity index (χ1) is 12.1. The van der Waals surface area contributed by atoms with E-state index in [0.29, 0.717) is 5.39 Å². The van der Waals surface area contributed by atoms with Crippen LogP contribution in [0.3, 0.4) is 0 Å². The van der Waals surface area contributed by atoms with Crippen molar-refractivity contribution in [1.29, 1.82) is 0 Å². The number of hydrogen-bond acceptors (Lipinski definition) is 3. The number of fused-ring (bicyclic) bond motifs is 2. The van der Waals surface area contributed by atoms with Crippen LogP contribution in [-0.4, -0.2) is 17.1 Å². The minimum Gasteiger partial charge on any atom is -0.362 e. The smallest absolute Gasteiger partial charge is 0.257 e. The summed E-state index contributed by atoms with van der Waals surface area (Å²) in [6, 6.07) is 6.19. The summed E-state index contributed by atoms with van der Waals surface area (Å²) in [5.74, 6) is 0. The fourth-order valence-corrected chi connectivity index (χ4v) is 3.94. The molecule has 130 valence electrons. The van der Waals surface area contributed by atoms with Crippen LogP contribution in [-0.2, 0) is 11.2 Å². The fourth-order valence-electron chi connectivity index (χ4n) is 3.75. The van der Waals surface area contributed by atoms with E-state index < -0.39 is 0 Å². The minimum absolute atomic E-state index is 0.112. The van der Waals surface area contributed by atoms with Crippen LogP contribution < -0.4 is 10.9 Å². The summed E-state index contributed by atoms with van der Waals surface area (Å²) >= 11 is 6.10. The molecule has 0 radical (unpaired) electrons. The molecule has 1 aliphatic carbocycles. The molecule has 0 aliphatic heterocycles. The first-order valence-corrected chi connectivity index (χ1v) is 8.72. The van der Waals surface area contributed by atoms with Crippen molar-refractivity contribution in [1.82, 2.24) is 15.3 Å². The molecule has 0 saturated heterocycles. The third-order valence-electron chi connectivity index (χ3n) is 5.01. The highest BCUT2D eigenvalue weighted by molar-refractivity contribution is 6.30. The second-order valence-corrected chi connectivity index (χ2v) is 6.95. The number of aromatic amines is 2. The van der Waals surface area contributed by atoms with Gasteiger partial charge in [-0.15, -0.1) is 0 Å². The van der Waals surface area contributed by atoms with Crippen molar-refractivity contribution in [2.45, 2.75) is 32.0 Å². The highest BCUT2D eigenvalue weighted by atomic mass is 35.5. The molecule has 2 unspecified atom stereocenters. The van der Waals surface area contributed by atoms with Crippen LogP contribution in [0.25, 0.3) is 10.9 Å². The SMILES string of the molecule is COC(NC1CCc2cc(Cl)ccc21)c1c[nH]c2c(C)c[nH]c(=O)c12. The van der Waals surface area contributed by atoms with E-state index in [-0.39, 0.29) is 17.8 Å².